The lowest BCUT2D eigenvalue weighted by Crippen LogP contribution is -2.26. The Bertz CT molecular complexity index is 551. The number of oxazole rings is 1. The molecular formula is C13H13FN2O2. The third-order valence-corrected chi connectivity index (χ3v) is 2.41. The molecule has 0 spiro atoms. The summed E-state index contributed by atoms with van der Waals surface area (Å²) in [5.74, 6) is 0.324. The molecule has 1 aromatic carbocycles. The summed E-state index contributed by atoms with van der Waals surface area (Å²) in [6.07, 6.45) is 2.10. The van der Waals surface area contributed by atoms with Gasteiger partial charge >= 0.3 is 0 Å². The number of aryl methyl sites for hydroxylation is 1. The second-order valence-corrected chi connectivity index (χ2v) is 3.85. The van der Waals surface area contributed by atoms with Crippen molar-refractivity contribution in [3.8, 4) is 0 Å². The van der Waals surface area contributed by atoms with Gasteiger partial charge < -0.3 is 9.73 Å². The highest BCUT2D eigenvalue weighted by molar-refractivity contribution is 5.94. The molecule has 5 heteroatoms. The summed E-state index contributed by atoms with van der Waals surface area (Å²) in [7, 11) is 0. The van der Waals surface area contributed by atoms with Gasteiger partial charge in [-0.2, -0.15) is 0 Å². The van der Waals surface area contributed by atoms with Gasteiger partial charge in [0.25, 0.3) is 5.91 Å². The Morgan fingerprint density at radius 2 is 2.22 bits per heavy atom. The Labute approximate surface area is 104 Å². The number of carbonyl (C=O) groups is 1. The zero-order valence-corrected chi connectivity index (χ0v) is 9.94. The van der Waals surface area contributed by atoms with Crippen LogP contribution in [-0.2, 0) is 6.42 Å². The van der Waals surface area contributed by atoms with Crippen LogP contribution in [0.15, 0.2) is 34.9 Å². The van der Waals surface area contributed by atoms with E-state index < -0.39 is 11.7 Å². The Morgan fingerprint density at radius 3 is 2.89 bits per heavy atom. The number of hydrogen-bond acceptors (Lipinski definition) is 3. The lowest BCUT2D eigenvalue weighted by molar-refractivity contribution is 0.0949. The summed E-state index contributed by atoms with van der Waals surface area (Å²) >= 11 is 0. The second kappa shape index (κ2) is 5.44. The lowest BCUT2D eigenvalue weighted by Gasteiger charge is -2.04. The molecule has 2 rings (SSSR count). The van der Waals surface area contributed by atoms with Gasteiger partial charge in [-0.25, -0.2) is 9.37 Å². The van der Waals surface area contributed by atoms with Gasteiger partial charge in [0.15, 0.2) is 5.89 Å². The summed E-state index contributed by atoms with van der Waals surface area (Å²) < 4.78 is 18.6. The van der Waals surface area contributed by atoms with Crippen LogP contribution in [0.3, 0.4) is 0 Å². The fourth-order valence-electron chi connectivity index (χ4n) is 1.54. The number of nitrogens with one attached hydrogen (secondary N) is 1. The number of benzene rings is 1. The standard InChI is InChI=1S/C13H13FN2O2/c1-9-8-16-12(18-9)6-7-15-13(17)10-4-2-3-5-11(10)14/h2-5,8H,6-7H2,1H3,(H,15,17). The van der Waals surface area contributed by atoms with Crippen molar-refractivity contribution in [2.24, 2.45) is 0 Å². The van der Waals surface area contributed by atoms with E-state index in [1.807, 2.05) is 0 Å². The molecule has 2 aromatic rings. The summed E-state index contributed by atoms with van der Waals surface area (Å²) in [5.41, 5.74) is 0.0427. The van der Waals surface area contributed by atoms with E-state index in [9.17, 15) is 9.18 Å². The van der Waals surface area contributed by atoms with Crippen molar-refractivity contribution in [1.82, 2.24) is 10.3 Å². The van der Waals surface area contributed by atoms with Crippen LogP contribution in [0, 0.1) is 12.7 Å². The van der Waals surface area contributed by atoms with E-state index >= 15 is 0 Å². The van der Waals surface area contributed by atoms with Crippen LogP contribution < -0.4 is 5.32 Å². The van der Waals surface area contributed by atoms with Crippen LogP contribution in [0.5, 0.6) is 0 Å². The van der Waals surface area contributed by atoms with Crippen molar-refractivity contribution >= 4 is 5.91 Å². The normalized spacial score (nSPS) is 10.3. The Kier molecular flexibility index (Phi) is 3.72. The molecule has 0 saturated heterocycles. The SMILES string of the molecule is Cc1cnc(CCNC(=O)c2ccccc2F)o1. The summed E-state index contributed by atoms with van der Waals surface area (Å²) in [5, 5.41) is 2.62. The van der Waals surface area contributed by atoms with Crippen LogP contribution in [0.4, 0.5) is 4.39 Å². The van der Waals surface area contributed by atoms with Crippen molar-refractivity contribution in [1.29, 1.82) is 0 Å². The quantitative estimate of drug-likeness (QED) is 0.901. The first-order chi connectivity index (χ1) is 8.66. The number of aromatic nitrogens is 1. The molecule has 94 valence electrons. The van der Waals surface area contributed by atoms with Gasteiger partial charge in [0.1, 0.15) is 11.6 Å². The highest BCUT2D eigenvalue weighted by Gasteiger charge is 2.10. The third kappa shape index (κ3) is 2.94. The summed E-state index contributed by atoms with van der Waals surface area (Å²) in [4.78, 5) is 15.7. The van der Waals surface area contributed by atoms with Crippen LogP contribution in [0.2, 0.25) is 0 Å². The van der Waals surface area contributed by atoms with E-state index in [-0.39, 0.29) is 5.56 Å². The highest BCUT2D eigenvalue weighted by atomic mass is 19.1. The van der Waals surface area contributed by atoms with E-state index in [4.69, 9.17) is 4.42 Å². The molecular weight excluding hydrogens is 235 g/mol. The first-order valence-corrected chi connectivity index (χ1v) is 5.61. The molecule has 1 N–H and O–H groups in total. The Balaban J connectivity index is 1.87. The van der Waals surface area contributed by atoms with E-state index in [0.29, 0.717) is 18.9 Å². The van der Waals surface area contributed by atoms with Gasteiger partial charge in [-0.1, -0.05) is 12.1 Å². The molecule has 0 aliphatic rings. The predicted molar refractivity (Wildman–Crippen MR) is 63.7 cm³/mol. The van der Waals surface area contributed by atoms with E-state index in [1.165, 1.54) is 12.1 Å². The zero-order valence-electron chi connectivity index (χ0n) is 9.94. The van der Waals surface area contributed by atoms with Crippen molar-refractivity contribution in [3.63, 3.8) is 0 Å². The molecule has 4 nitrogen and oxygen atoms in total. The fraction of sp³-hybridized carbons (Fsp3) is 0.231. The number of nitrogens with zero attached hydrogens (tertiary/aromatic N) is 1. The molecule has 0 aliphatic heterocycles. The van der Waals surface area contributed by atoms with Crippen molar-refractivity contribution in [2.45, 2.75) is 13.3 Å². The maximum atomic E-state index is 13.3. The van der Waals surface area contributed by atoms with Crippen LogP contribution >= 0.6 is 0 Å². The minimum Gasteiger partial charge on any atom is -0.446 e. The first-order valence-electron chi connectivity index (χ1n) is 5.61. The fourth-order valence-corrected chi connectivity index (χ4v) is 1.54. The minimum absolute atomic E-state index is 0.0427. The van der Waals surface area contributed by atoms with Gasteiger partial charge in [0.05, 0.1) is 11.8 Å². The van der Waals surface area contributed by atoms with Crippen molar-refractivity contribution < 1.29 is 13.6 Å². The topological polar surface area (TPSA) is 55.1 Å². The average molecular weight is 248 g/mol. The zero-order chi connectivity index (χ0) is 13.0. The van der Waals surface area contributed by atoms with E-state index in [0.717, 1.165) is 5.76 Å². The van der Waals surface area contributed by atoms with Crippen LogP contribution in [0.25, 0.3) is 0 Å². The third-order valence-electron chi connectivity index (χ3n) is 2.41. The summed E-state index contributed by atoms with van der Waals surface area (Å²) in [6.45, 7) is 2.15. The molecule has 1 amide bonds. The molecule has 0 fully saturated rings. The maximum Gasteiger partial charge on any atom is 0.254 e. The molecule has 0 saturated carbocycles. The number of hydrogen-bond donors (Lipinski definition) is 1. The van der Waals surface area contributed by atoms with Crippen molar-refractivity contribution in [3.05, 3.63) is 53.5 Å². The Morgan fingerprint density at radius 1 is 1.44 bits per heavy atom. The lowest BCUT2D eigenvalue weighted by atomic mass is 10.2. The van der Waals surface area contributed by atoms with E-state index in [1.54, 1.807) is 25.3 Å². The molecule has 1 aromatic heterocycles. The maximum absolute atomic E-state index is 13.3. The minimum atomic E-state index is -0.526. The van der Waals surface area contributed by atoms with Crippen molar-refractivity contribution in [2.75, 3.05) is 6.54 Å². The molecule has 0 bridgehead atoms. The Hall–Kier alpha value is -2.17. The van der Waals surface area contributed by atoms with Gasteiger partial charge in [0, 0.05) is 13.0 Å². The molecule has 1 heterocycles. The molecule has 0 atom stereocenters. The smallest absolute Gasteiger partial charge is 0.254 e. The van der Waals surface area contributed by atoms with Gasteiger partial charge in [-0.3, -0.25) is 4.79 Å². The van der Waals surface area contributed by atoms with Crippen LogP contribution in [-0.4, -0.2) is 17.4 Å². The second-order valence-electron chi connectivity index (χ2n) is 3.85. The van der Waals surface area contributed by atoms with Gasteiger partial charge in [-0.15, -0.1) is 0 Å². The monoisotopic (exact) mass is 248 g/mol. The van der Waals surface area contributed by atoms with Crippen LogP contribution in [0.1, 0.15) is 22.0 Å². The largest absolute Gasteiger partial charge is 0.446 e. The highest BCUT2D eigenvalue weighted by Crippen LogP contribution is 2.06. The number of halogens is 1. The molecule has 0 unspecified atom stereocenters. The number of rotatable bonds is 4. The van der Waals surface area contributed by atoms with Gasteiger partial charge in [-0.05, 0) is 19.1 Å². The average Bonchev–Trinajstić information content (AvgIpc) is 2.75. The van der Waals surface area contributed by atoms with E-state index in [2.05, 4.69) is 10.3 Å². The predicted octanol–water partition coefficient (Wildman–Crippen LogP) is 2.09. The number of amides is 1. The first kappa shape index (κ1) is 12.3. The number of carbonyl (C=O) groups excluding carboxylic acids is 1. The molecule has 0 aliphatic carbocycles. The molecule has 18 heavy (non-hydrogen) atoms. The van der Waals surface area contributed by atoms with Gasteiger partial charge in [0.2, 0.25) is 0 Å². The summed E-state index contributed by atoms with van der Waals surface area (Å²) in [6, 6.07) is 5.86. The molecule has 0 radical (unpaired) electrons.